The Bertz CT molecular complexity index is 467. The van der Waals surface area contributed by atoms with E-state index in [9.17, 15) is 9.90 Å². The largest absolute Gasteiger partial charge is 0.396 e. The van der Waals surface area contributed by atoms with Gasteiger partial charge in [0.15, 0.2) is 0 Å². The average Bonchev–Trinajstić information content (AvgIpc) is 2.86. The molecule has 2 atom stereocenters. The van der Waals surface area contributed by atoms with E-state index in [0.29, 0.717) is 0 Å². The van der Waals surface area contributed by atoms with E-state index >= 15 is 0 Å². The van der Waals surface area contributed by atoms with Crippen molar-refractivity contribution in [3.05, 3.63) is 35.9 Å². The molecule has 3 nitrogen and oxygen atoms in total. The third-order valence-electron chi connectivity index (χ3n) is 5.18. The Kier molecular flexibility index (Phi) is 3.79. The third kappa shape index (κ3) is 2.24. The summed E-state index contributed by atoms with van der Waals surface area (Å²) >= 11 is 0. The Morgan fingerprint density at radius 1 is 1.20 bits per heavy atom. The summed E-state index contributed by atoms with van der Waals surface area (Å²) in [5, 5.41) is 12.6. The van der Waals surface area contributed by atoms with Gasteiger partial charge in [0.25, 0.3) is 0 Å². The molecule has 2 aliphatic carbocycles. The van der Waals surface area contributed by atoms with E-state index in [4.69, 9.17) is 0 Å². The monoisotopic (exact) mass is 273 g/mol. The second-order valence-electron chi connectivity index (χ2n) is 6.26. The number of amides is 1. The molecule has 2 N–H and O–H groups in total. The Labute approximate surface area is 120 Å². The highest BCUT2D eigenvalue weighted by Gasteiger charge is 2.46. The summed E-state index contributed by atoms with van der Waals surface area (Å²) in [6, 6.07) is 10.3. The minimum atomic E-state index is -0.316. The van der Waals surface area contributed by atoms with Crippen molar-refractivity contribution in [2.24, 2.45) is 5.92 Å². The Morgan fingerprint density at radius 2 is 1.95 bits per heavy atom. The van der Waals surface area contributed by atoms with Gasteiger partial charge in [0, 0.05) is 18.6 Å². The van der Waals surface area contributed by atoms with Crippen LogP contribution >= 0.6 is 0 Å². The van der Waals surface area contributed by atoms with Crippen LogP contribution in [0.2, 0.25) is 0 Å². The highest BCUT2D eigenvalue weighted by atomic mass is 16.3. The van der Waals surface area contributed by atoms with Gasteiger partial charge in [0.05, 0.1) is 5.41 Å². The van der Waals surface area contributed by atoms with Gasteiger partial charge in [-0.25, -0.2) is 0 Å². The van der Waals surface area contributed by atoms with E-state index in [1.165, 1.54) is 0 Å². The molecule has 3 rings (SSSR count). The number of aliphatic hydroxyl groups is 1. The minimum Gasteiger partial charge on any atom is -0.396 e. The lowest BCUT2D eigenvalue weighted by Gasteiger charge is -2.41. The van der Waals surface area contributed by atoms with Crippen LogP contribution in [0.3, 0.4) is 0 Å². The van der Waals surface area contributed by atoms with E-state index in [1.807, 2.05) is 18.2 Å². The number of rotatable bonds is 4. The van der Waals surface area contributed by atoms with Gasteiger partial charge in [-0.3, -0.25) is 4.79 Å². The number of hydrogen-bond donors (Lipinski definition) is 2. The van der Waals surface area contributed by atoms with Crippen LogP contribution in [0.15, 0.2) is 30.3 Å². The Hall–Kier alpha value is -1.35. The number of benzene rings is 1. The van der Waals surface area contributed by atoms with Gasteiger partial charge in [0.1, 0.15) is 0 Å². The first-order valence-corrected chi connectivity index (χ1v) is 7.73. The first kappa shape index (κ1) is 13.6. The molecule has 1 aromatic carbocycles. The van der Waals surface area contributed by atoms with Crippen LogP contribution in [0.25, 0.3) is 0 Å². The summed E-state index contributed by atoms with van der Waals surface area (Å²) in [7, 11) is 0. The topological polar surface area (TPSA) is 49.3 Å². The van der Waals surface area contributed by atoms with E-state index in [-0.39, 0.29) is 29.9 Å². The third-order valence-corrected chi connectivity index (χ3v) is 5.18. The minimum absolute atomic E-state index is 0.161. The van der Waals surface area contributed by atoms with Crippen molar-refractivity contribution < 1.29 is 9.90 Å². The molecule has 0 spiro atoms. The summed E-state index contributed by atoms with van der Waals surface area (Å²) in [6.45, 7) is 0.184. The average molecular weight is 273 g/mol. The van der Waals surface area contributed by atoms with Gasteiger partial charge in [0.2, 0.25) is 5.91 Å². The molecule has 108 valence electrons. The van der Waals surface area contributed by atoms with Crippen LogP contribution in [0, 0.1) is 5.92 Å². The van der Waals surface area contributed by atoms with Gasteiger partial charge in [-0.1, -0.05) is 43.2 Å². The van der Waals surface area contributed by atoms with Crippen molar-refractivity contribution in [1.82, 2.24) is 5.32 Å². The summed E-state index contributed by atoms with van der Waals surface area (Å²) < 4.78 is 0. The summed E-state index contributed by atoms with van der Waals surface area (Å²) in [5.41, 5.74) is 0.825. The van der Waals surface area contributed by atoms with Crippen molar-refractivity contribution in [1.29, 1.82) is 0 Å². The van der Waals surface area contributed by atoms with Crippen LogP contribution in [-0.2, 0) is 10.2 Å². The molecule has 0 heterocycles. The lowest BCUT2D eigenvalue weighted by Crippen LogP contribution is -2.53. The van der Waals surface area contributed by atoms with E-state index in [1.54, 1.807) is 0 Å². The Balaban J connectivity index is 1.75. The molecule has 20 heavy (non-hydrogen) atoms. The fourth-order valence-electron chi connectivity index (χ4n) is 3.69. The van der Waals surface area contributed by atoms with Gasteiger partial charge in [-0.05, 0) is 31.2 Å². The summed E-state index contributed by atoms with van der Waals surface area (Å²) in [5.74, 6) is 0.409. The number of nitrogens with one attached hydrogen (secondary N) is 1. The highest BCUT2D eigenvalue weighted by Crippen LogP contribution is 2.44. The highest BCUT2D eigenvalue weighted by molar-refractivity contribution is 5.89. The standard InChI is InChI=1S/C17H23NO2/c19-12-13-6-4-9-15(13)18-16(20)17(10-5-11-17)14-7-2-1-3-8-14/h1-3,7-8,13,15,19H,4-6,9-12H2,(H,18,20). The molecule has 2 unspecified atom stereocenters. The van der Waals surface area contributed by atoms with Gasteiger partial charge in [-0.15, -0.1) is 0 Å². The van der Waals surface area contributed by atoms with E-state index < -0.39 is 0 Å². The normalized spacial score (nSPS) is 27.9. The predicted octanol–water partition coefficient (Wildman–Crippen LogP) is 2.39. The van der Waals surface area contributed by atoms with Gasteiger partial charge >= 0.3 is 0 Å². The molecule has 0 bridgehead atoms. The van der Waals surface area contributed by atoms with Crippen molar-refractivity contribution in [3.63, 3.8) is 0 Å². The smallest absolute Gasteiger partial charge is 0.230 e. The van der Waals surface area contributed by atoms with Crippen LogP contribution in [-0.4, -0.2) is 23.7 Å². The number of hydrogen-bond acceptors (Lipinski definition) is 2. The first-order chi connectivity index (χ1) is 9.76. The molecular formula is C17H23NO2. The molecule has 3 heteroatoms. The number of carbonyl (C=O) groups is 1. The summed E-state index contributed by atoms with van der Waals surface area (Å²) in [6.07, 6.45) is 6.14. The molecule has 1 amide bonds. The second-order valence-corrected chi connectivity index (χ2v) is 6.26. The van der Waals surface area contributed by atoms with Gasteiger partial charge in [-0.2, -0.15) is 0 Å². The summed E-state index contributed by atoms with van der Waals surface area (Å²) in [4.78, 5) is 12.8. The maximum Gasteiger partial charge on any atom is 0.230 e. The fourth-order valence-corrected chi connectivity index (χ4v) is 3.69. The molecule has 1 aromatic rings. The fraction of sp³-hybridized carbons (Fsp3) is 0.588. The number of carbonyl (C=O) groups excluding carboxylic acids is 1. The maximum absolute atomic E-state index is 12.8. The molecule has 0 radical (unpaired) electrons. The molecule has 0 saturated heterocycles. The Morgan fingerprint density at radius 3 is 2.55 bits per heavy atom. The van der Waals surface area contributed by atoms with Crippen molar-refractivity contribution in [2.75, 3.05) is 6.61 Å². The van der Waals surface area contributed by atoms with Crippen LogP contribution < -0.4 is 5.32 Å². The predicted molar refractivity (Wildman–Crippen MR) is 78.3 cm³/mol. The molecule has 2 aliphatic rings. The molecule has 2 fully saturated rings. The molecule has 0 aromatic heterocycles. The van der Waals surface area contributed by atoms with Crippen molar-refractivity contribution in [2.45, 2.75) is 50.0 Å². The first-order valence-electron chi connectivity index (χ1n) is 7.73. The SMILES string of the molecule is O=C(NC1CCCC1CO)C1(c2ccccc2)CCC1. The zero-order valence-corrected chi connectivity index (χ0v) is 11.8. The lowest BCUT2D eigenvalue weighted by atomic mass is 9.63. The van der Waals surface area contributed by atoms with Crippen molar-refractivity contribution in [3.8, 4) is 0 Å². The quantitative estimate of drug-likeness (QED) is 0.885. The van der Waals surface area contributed by atoms with E-state index in [0.717, 1.165) is 44.1 Å². The van der Waals surface area contributed by atoms with Crippen LogP contribution in [0.5, 0.6) is 0 Å². The van der Waals surface area contributed by atoms with E-state index in [2.05, 4.69) is 17.4 Å². The van der Waals surface area contributed by atoms with Crippen LogP contribution in [0.1, 0.15) is 44.1 Å². The van der Waals surface area contributed by atoms with Gasteiger partial charge < -0.3 is 10.4 Å². The number of aliphatic hydroxyl groups excluding tert-OH is 1. The second kappa shape index (κ2) is 5.57. The zero-order chi connectivity index (χ0) is 14.0. The molecule has 2 saturated carbocycles. The molecule has 0 aliphatic heterocycles. The lowest BCUT2D eigenvalue weighted by molar-refractivity contribution is -0.131. The zero-order valence-electron chi connectivity index (χ0n) is 11.8. The van der Waals surface area contributed by atoms with Crippen LogP contribution in [0.4, 0.5) is 0 Å². The molecular weight excluding hydrogens is 250 g/mol. The maximum atomic E-state index is 12.8. The van der Waals surface area contributed by atoms with Crippen molar-refractivity contribution >= 4 is 5.91 Å².